The number of nitrogens with two attached hydrogens (primary N) is 1. The summed E-state index contributed by atoms with van der Waals surface area (Å²) in [5, 5.41) is 1.90. The lowest BCUT2D eigenvalue weighted by Crippen LogP contribution is -2.11. The molecule has 4 nitrogen and oxygen atoms in total. The van der Waals surface area contributed by atoms with Gasteiger partial charge in [-0.15, -0.1) is 0 Å². The summed E-state index contributed by atoms with van der Waals surface area (Å²) < 4.78 is 7.49. The maximum absolute atomic E-state index is 12.2. The van der Waals surface area contributed by atoms with Gasteiger partial charge in [0.05, 0.1) is 18.7 Å². The predicted molar refractivity (Wildman–Crippen MR) is 129 cm³/mol. The fraction of sp³-hybridized carbons (Fsp3) is 0.423. The first-order chi connectivity index (χ1) is 15.0. The third-order valence-electron chi connectivity index (χ3n) is 6.39. The second-order valence-corrected chi connectivity index (χ2v) is 8.99. The van der Waals surface area contributed by atoms with E-state index < -0.39 is 0 Å². The summed E-state index contributed by atoms with van der Waals surface area (Å²) >= 11 is 6.22. The van der Waals surface area contributed by atoms with E-state index in [4.69, 9.17) is 22.1 Å². The summed E-state index contributed by atoms with van der Waals surface area (Å²) in [6.07, 6.45) is 6.51. The largest absolute Gasteiger partial charge is 0.466 e. The molecule has 0 spiro atoms. The number of fused-ring (bicyclic) bond motifs is 1. The van der Waals surface area contributed by atoms with Gasteiger partial charge in [-0.3, -0.25) is 4.79 Å². The number of ether oxygens (including phenoxy) is 1. The van der Waals surface area contributed by atoms with Crippen LogP contribution in [-0.4, -0.2) is 17.1 Å². The first kappa shape index (κ1) is 21.8. The Hall–Kier alpha value is -2.46. The Labute approximate surface area is 189 Å². The van der Waals surface area contributed by atoms with E-state index in [1.165, 1.54) is 48.6 Å². The zero-order valence-electron chi connectivity index (χ0n) is 18.4. The fourth-order valence-corrected chi connectivity index (χ4v) is 5.18. The molecule has 2 aromatic carbocycles. The van der Waals surface area contributed by atoms with Crippen LogP contribution in [0.5, 0.6) is 0 Å². The number of halogens is 1. The number of esters is 1. The van der Waals surface area contributed by atoms with E-state index in [2.05, 4.69) is 29.7 Å². The van der Waals surface area contributed by atoms with Crippen LogP contribution in [0.2, 0.25) is 5.02 Å². The normalized spacial score (nSPS) is 14.8. The van der Waals surface area contributed by atoms with Gasteiger partial charge in [0.25, 0.3) is 0 Å². The van der Waals surface area contributed by atoms with E-state index in [-0.39, 0.29) is 5.97 Å². The van der Waals surface area contributed by atoms with Gasteiger partial charge in [-0.2, -0.15) is 0 Å². The standard InChI is InChI=1S/C26H31ClN2O2/c1-3-31-24(30)13-14-29-23-15-17(2)9-11-21(23)25(18-7-5-4-6-8-18)26(29)20-12-10-19(27)16-22(20)28/h9-12,15-16,18H,3-8,13-14,28H2,1-2H3. The average molecular weight is 439 g/mol. The highest BCUT2D eigenvalue weighted by Crippen LogP contribution is 2.45. The van der Waals surface area contributed by atoms with Crippen LogP contribution in [0.4, 0.5) is 5.69 Å². The molecule has 2 N–H and O–H groups in total. The van der Waals surface area contributed by atoms with E-state index >= 15 is 0 Å². The van der Waals surface area contributed by atoms with Gasteiger partial charge in [-0.1, -0.05) is 43.0 Å². The van der Waals surface area contributed by atoms with Crippen LogP contribution in [-0.2, 0) is 16.1 Å². The molecule has 1 aliphatic carbocycles. The van der Waals surface area contributed by atoms with Crippen molar-refractivity contribution >= 4 is 34.2 Å². The molecule has 0 unspecified atom stereocenters. The second kappa shape index (κ2) is 9.35. The Kier molecular flexibility index (Phi) is 6.57. The summed E-state index contributed by atoms with van der Waals surface area (Å²) in [7, 11) is 0. The Morgan fingerprint density at radius 1 is 1.16 bits per heavy atom. The van der Waals surface area contributed by atoms with Crippen LogP contribution >= 0.6 is 11.6 Å². The van der Waals surface area contributed by atoms with Gasteiger partial charge in [-0.25, -0.2) is 0 Å². The minimum Gasteiger partial charge on any atom is -0.466 e. The molecule has 5 heteroatoms. The molecule has 1 heterocycles. The number of aryl methyl sites for hydroxylation is 2. The quantitative estimate of drug-likeness (QED) is 0.338. The molecule has 0 radical (unpaired) electrons. The monoisotopic (exact) mass is 438 g/mol. The van der Waals surface area contributed by atoms with E-state index in [0.717, 1.165) is 16.8 Å². The van der Waals surface area contributed by atoms with Crippen LogP contribution < -0.4 is 5.73 Å². The SMILES string of the molecule is CCOC(=O)CCn1c(-c2ccc(Cl)cc2N)c(C2CCCCC2)c2ccc(C)cc21. The highest BCUT2D eigenvalue weighted by molar-refractivity contribution is 6.31. The summed E-state index contributed by atoms with van der Waals surface area (Å²) in [6, 6.07) is 12.4. The molecule has 164 valence electrons. The zero-order valence-corrected chi connectivity index (χ0v) is 19.2. The van der Waals surface area contributed by atoms with Gasteiger partial charge in [0.15, 0.2) is 0 Å². The number of carbonyl (C=O) groups is 1. The van der Waals surface area contributed by atoms with Crippen molar-refractivity contribution in [2.75, 3.05) is 12.3 Å². The van der Waals surface area contributed by atoms with Crippen LogP contribution in [0.15, 0.2) is 36.4 Å². The van der Waals surface area contributed by atoms with Crippen LogP contribution in [0.3, 0.4) is 0 Å². The molecular formula is C26H31ClN2O2. The smallest absolute Gasteiger partial charge is 0.307 e. The van der Waals surface area contributed by atoms with Gasteiger partial charge in [0.1, 0.15) is 0 Å². The van der Waals surface area contributed by atoms with Crippen LogP contribution in [0, 0.1) is 6.92 Å². The van der Waals surface area contributed by atoms with Crippen molar-refractivity contribution in [1.82, 2.24) is 4.57 Å². The molecule has 1 fully saturated rings. The van der Waals surface area contributed by atoms with Gasteiger partial charge in [0, 0.05) is 33.7 Å². The fourth-order valence-electron chi connectivity index (χ4n) is 5.00. The van der Waals surface area contributed by atoms with E-state index in [1.54, 1.807) is 0 Å². The zero-order chi connectivity index (χ0) is 22.0. The first-order valence-corrected chi connectivity index (χ1v) is 11.7. The molecule has 0 bridgehead atoms. The molecule has 0 amide bonds. The molecule has 1 aromatic heterocycles. The number of aromatic nitrogens is 1. The van der Waals surface area contributed by atoms with Crippen molar-refractivity contribution < 1.29 is 9.53 Å². The Bertz CT molecular complexity index is 1100. The molecule has 4 rings (SSSR count). The minimum absolute atomic E-state index is 0.175. The molecule has 0 aliphatic heterocycles. The van der Waals surface area contributed by atoms with E-state index in [1.807, 2.05) is 25.1 Å². The van der Waals surface area contributed by atoms with Crippen molar-refractivity contribution in [1.29, 1.82) is 0 Å². The van der Waals surface area contributed by atoms with E-state index in [9.17, 15) is 4.79 Å². The maximum atomic E-state index is 12.2. The van der Waals surface area contributed by atoms with Crippen molar-refractivity contribution in [3.05, 3.63) is 52.5 Å². The molecule has 1 saturated carbocycles. The van der Waals surface area contributed by atoms with Crippen molar-refractivity contribution in [3.8, 4) is 11.3 Å². The van der Waals surface area contributed by atoms with Crippen LogP contribution in [0.1, 0.15) is 62.5 Å². The summed E-state index contributed by atoms with van der Waals surface area (Å²) in [4.78, 5) is 12.2. The number of hydrogen-bond donors (Lipinski definition) is 1. The molecule has 3 aromatic rings. The highest BCUT2D eigenvalue weighted by Gasteiger charge is 2.27. The molecule has 31 heavy (non-hydrogen) atoms. The molecule has 0 saturated heterocycles. The topological polar surface area (TPSA) is 57.2 Å². The molecule has 0 atom stereocenters. The predicted octanol–water partition coefficient (Wildman–Crippen LogP) is 6.85. The Balaban J connectivity index is 1.95. The van der Waals surface area contributed by atoms with Gasteiger partial charge in [-0.05, 0) is 68.0 Å². The van der Waals surface area contributed by atoms with Crippen molar-refractivity contribution in [2.45, 2.75) is 64.8 Å². The maximum Gasteiger partial charge on any atom is 0.307 e. The number of carbonyl (C=O) groups excluding carboxylic acids is 1. The Morgan fingerprint density at radius 3 is 2.65 bits per heavy atom. The number of rotatable bonds is 6. The minimum atomic E-state index is -0.175. The first-order valence-electron chi connectivity index (χ1n) is 11.3. The van der Waals surface area contributed by atoms with E-state index in [0.29, 0.717) is 36.2 Å². The van der Waals surface area contributed by atoms with Gasteiger partial charge >= 0.3 is 5.97 Å². The van der Waals surface area contributed by atoms with Crippen molar-refractivity contribution in [3.63, 3.8) is 0 Å². The number of anilines is 1. The third kappa shape index (κ3) is 4.45. The Morgan fingerprint density at radius 2 is 1.94 bits per heavy atom. The summed E-state index contributed by atoms with van der Waals surface area (Å²) in [6.45, 7) is 4.91. The van der Waals surface area contributed by atoms with Crippen molar-refractivity contribution in [2.24, 2.45) is 0 Å². The lowest BCUT2D eigenvalue weighted by molar-refractivity contribution is -0.143. The molecular weight excluding hydrogens is 408 g/mol. The average Bonchev–Trinajstić information content (AvgIpc) is 3.06. The van der Waals surface area contributed by atoms with Gasteiger partial charge in [0.2, 0.25) is 0 Å². The number of nitrogens with zero attached hydrogens (tertiary/aromatic N) is 1. The second-order valence-electron chi connectivity index (χ2n) is 8.56. The summed E-state index contributed by atoms with van der Waals surface area (Å²) in [5.74, 6) is 0.319. The van der Waals surface area contributed by atoms with Crippen LogP contribution in [0.25, 0.3) is 22.2 Å². The third-order valence-corrected chi connectivity index (χ3v) is 6.62. The van der Waals surface area contributed by atoms with Gasteiger partial charge < -0.3 is 15.0 Å². The summed E-state index contributed by atoms with van der Waals surface area (Å²) in [5.41, 5.74) is 13.0. The number of hydrogen-bond acceptors (Lipinski definition) is 3. The number of benzene rings is 2. The highest BCUT2D eigenvalue weighted by atomic mass is 35.5. The lowest BCUT2D eigenvalue weighted by atomic mass is 9.81. The number of nitrogen functional groups attached to an aromatic ring is 1. The molecule has 1 aliphatic rings. The lowest BCUT2D eigenvalue weighted by Gasteiger charge is -2.24.